The second kappa shape index (κ2) is 5.16. The number of halogens is 2. The molecule has 0 amide bonds. The third-order valence-electron chi connectivity index (χ3n) is 2.37. The van der Waals surface area contributed by atoms with E-state index in [2.05, 4.69) is 0 Å². The van der Waals surface area contributed by atoms with Crippen molar-refractivity contribution in [3.63, 3.8) is 0 Å². The molecule has 2 aromatic carbocycles. The molecule has 3 nitrogen and oxygen atoms in total. The van der Waals surface area contributed by atoms with Gasteiger partial charge in [0.05, 0.1) is 11.1 Å². The molecule has 5 heteroatoms. The number of nitriles is 2. The van der Waals surface area contributed by atoms with Crippen LogP contribution < -0.4 is 4.74 Å². The molecule has 0 unspecified atom stereocenters. The fourth-order valence-corrected chi connectivity index (χ4v) is 1.48. The lowest BCUT2D eigenvalue weighted by Gasteiger charge is -2.09. The summed E-state index contributed by atoms with van der Waals surface area (Å²) in [6.07, 6.45) is 0. The molecule has 0 aromatic heterocycles. The molecule has 0 N–H and O–H groups in total. The highest BCUT2D eigenvalue weighted by Gasteiger charge is 2.12. The first-order valence-corrected chi connectivity index (χ1v) is 5.22. The van der Waals surface area contributed by atoms with Crippen molar-refractivity contribution in [2.24, 2.45) is 0 Å². The molecule has 0 saturated carbocycles. The minimum Gasteiger partial charge on any atom is -0.454 e. The van der Waals surface area contributed by atoms with Gasteiger partial charge in [-0.25, -0.2) is 8.78 Å². The van der Waals surface area contributed by atoms with E-state index in [1.54, 1.807) is 0 Å². The Balaban J connectivity index is 2.46. The molecule has 0 bridgehead atoms. The van der Waals surface area contributed by atoms with Gasteiger partial charge < -0.3 is 4.74 Å². The zero-order valence-electron chi connectivity index (χ0n) is 9.52. The quantitative estimate of drug-likeness (QED) is 0.826. The Kier molecular flexibility index (Phi) is 3.40. The van der Waals surface area contributed by atoms with Gasteiger partial charge in [0.25, 0.3) is 0 Å². The van der Waals surface area contributed by atoms with Crippen LogP contribution in [0.3, 0.4) is 0 Å². The van der Waals surface area contributed by atoms with Crippen LogP contribution in [0, 0.1) is 34.3 Å². The Morgan fingerprint density at radius 3 is 2.05 bits per heavy atom. The van der Waals surface area contributed by atoms with E-state index in [0.717, 1.165) is 12.1 Å². The van der Waals surface area contributed by atoms with Crippen LogP contribution in [0.4, 0.5) is 8.78 Å². The lowest BCUT2D eigenvalue weighted by Crippen LogP contribution is -1.93. The highest BCUT2D eigenvalue weighted by atomic mass is 19.2. The second-order valence-corrected chi connectivity index (χ2v) is 3.58. The van der Waals surface area contributed by atoms with E-state index in [1.165, 1.54) is 24.3 Å². The molecule has 0 atom stereocenters. The molecule has 0 aliphatic rings. The molecule has 2 rings (SSSR count). The normalized spacial score (nSPS) is 9.47. The lowest BCUT2D eigenvalue weighted by atomic mass is 10.1. The summed E-state index contributed by atoms with van der Waals surface area (Å²) in [5.74, 6) is -2.02. The van der Waals surface area contributed by atoms with Gasteiger partial charge in [0.15, 0.2) is 17.4 Å². The standard InChI is InChI=1S/C14H6F2N2O/c15-12-5-4-11(6-13(12)16)19-14-9(7-17)2-1-3-10(14)8-18/h1-6H. The van der Waals surface area contributed by atoms with Crippen LogP contribution in [0.2, 0.25) is 0 Å². The van der Waals surface area contributed by atoms with E-state index in [-0.39, 0.29) is 22.6 Å². The highest BCUT2D eigenvalue weighted by molar-refractivity contribution is 5.55. The van der Waals surface area contributed by atoms with Crippen LogP contribution in [-0.4, -0.2) is 0 Å². The molecule has 2 aromatic rings. The molecule has 0 saturated heterocycles. The number of hydrogen-bond donors (Lipinski definition) is 0. The van der Waals surface area contributed by atoms with Gasteiger partial charge in [0.2, 0.25) is 0 Å². The lowest BCUT2D eigenvalue weighted by molar-refractivity contribution is 0.459. The monoisotopic (exact) mass is 256 g/mol. The van der Waals surface area contributed by atoms with Crippen molar-refractivity contribution in [2.45, 2.75) is 0 Å². The number of nitrogens with zero attached hydrogens (tertiary/aromatic N) is 2. The van der Waals surface area contributed by atoms with E-state index in [9.17, 15) is 8.78 Å². The summed E-state index contributed by atoms with van der Waals surface area (Å²) in [6, 6.07) is 11.2. The average Bonchev–Trinajstić information content (AvgIpc) is 2.43. The van der Waals surface area contributed by atoms with Crippen LogP contribution in [0.15, 0.2) is 36.4 Å². The first-order chi connectivity index (χ1) is 9.15. The van der Waals surface area contributed by atoms with Gasteiger partial charge in [0.1, 0.15) is 17.9 Å². The van der Waals surface area contributed by atoms with Crippen LogP contribution in [-0.2, 0) is 0 Å². The zero-order valence-corrected chi connectivity index (χ0v) is 9.52. The number of rotatable bonds is 2. The molecule has 0 spiro atoms. The molecule has 19 heavy (non-hydrogen) atoms. The predicted molar refractivity (Wildman–Crippen MR) is 62.3 cm³/mol. The number of benzene rings is 2. The smallest absolute Gasteiger partial charge is 0.162 e. The summed E-state index contributed by atoms with van der Waals surface area (Å²) in [5, 5.41) is 17.9. The van der Waals surface area contributed by atoms with Gasteiger partial charge in [-0.05, 0) is 24.3 Å². The summed E-state index contributed by atoms with van der Waals surface area (Å²) < 4.78 is 31.2. The van der Waals surface area contributed by atoms with Crippen LogP contribution in [0.25, 0.3) is 0 Å². The van der Waals surface area contributed by atoms with Crippen molar-refractivity contribution >= 4 is 0 Å². The summed E-state index contributed by atoms with van der Waals surface area (Å²) in [7, 11) is 0. The third-order valence-corrected chi connectivity index (χ3v) is 2.37. The Labute approximate surface area is 107 Å². The molecular formula is C14H6F2N2O. The maximum atomic E-state index is 13.1. The molecule has 0 radical (unpaired) electrons. The topological polar surface area (TPSA) is 56.8 Å². The largest absolute Gasteiger partial charge is 0.454 e. The predicted octanol–water partition coefficient (Wildman–Crippen LogP) is 3.50. The Hall–Kier alpha value is -2.92. The van der Waals surface area contributed by atoms with Crippen molar-refractivity contribution in [2.75, 3.05) is 0 Å². The molecular weight excluding hydrogens is 250 g/mol. The molecule has 0 heterocycles. The van der Waals surface area contributed by atoms with Gasteiger partial charge in [-0.2, -0.15) is 10.5 Å². The minimum absolute atomic E-state index is 0.0121. The van der Waals surface area contributed by atoms with Gasteiger partial charge in [-0.3, -0.25) is 0 Å². The second-order valence-electron chi connectivity index (χ2n) is 3.58. The SMILES string of the molecule is N#Cc1cccc(C#N)c1Oc1ccc(F)c(F)c1. The minimum atomic E-state index is -1.06. The highest BCUT2D eigenvalue weighted by Crippen LogP contribution is 2.29. The van der Waals surface area contributed by atoms with Crippen molar-refractivity contribution in [1.29, 1.82) is 10.5 Å². The number of para-hydroxylation sites is 1. The third kappa shape index (κ3) is 2.51. The van der Waals surface area contributed by atoms with E-state index in [1.807, 2.05) is 12.1 Å². The maximum absolute atomic E-state index is 13.1. The number of ether oxygens (including phenoxy) is 1. The first kappa shape index (κ1) is 12.5. The summed E-state index contributed by atoms with van der Waals surface area (Å²) in [4.78, 5) is 0. The van der Waals surface area contributed by atoms with E-state index in [0.29, 0.717) is 0 Å². The molecule has 0 fully saturated rings. The van der Waals surface area contributed by atoms with Crippen LogP contribution in [0.1, 0.15) is 11.1 Å². The maximum Gasteiger partial charge on any atom is 0.162 e. The van der Waals surface area contributed by atoms with Gasteiger partial charge in [-0.1, -0.05) is 6.07 Å². The van der Waals surface area contributed by atoms with Crippen LogP contribution >= 0.6 is 0 Å². The number of hydrogen-bond acceptors (Lipinski definition) is 3. The van der Waals surface area contributed by atoms with Gasteiger partial charge >= 0.3 is 0 Å². The van der Waals surface area contributed by atoms with Gasteiger partial charge in [0, 0.05) is 6.07 Å². The summed E-state index contributed by atoms with van der Waals surface area (Å²) >= 11 is 0. The van der Waals surface area contributed by atoms with Crippen molar-refractivity contribution < 1.29 is 13.5 Å². The summed E-state index contributed by atoms with van der Waals surface area (Å²) in [5.41, 5.74) is 0.285. The van der Waals surface area contributed by atoms with E-state index < -0.39 is 11.6 Å². The van der Waals surface area contributed by atoms with Crippen molar-refractivity contribution in [1.82, 2.24) is 0 Å². The molecule has 0 aliphatic carbocycles. The fourth-order valence-electron chi connectivity index (χ4n) is 1.48. The Morgan fingerprint density at radius 2 is 1.53 bits per heavy atom. The zero-order chi connectivity index (χ0) is 13.8. The Bertz CT molecular complexity index is 682. The summed E-state index contributed by atoms with van der Waals surface area (Å²) in [6.45, 7) is 0. The van der Waals surface area contributed by atoms with E-state index in [4.69, 9.17) is 15.3 Å². The average molecular weight is 256 g/mol. The Morgan fingerprint density at radius 1 is 0.895 bits per heavy atom. The van der Waals surface area contributed by atoms with Crippen molar-refractivity contribution in [3.05, 3.63) is 59.2 Å². The van der Waals surface area contributed by atoms with Crippen molar-refractivity contribution in [3.8, 4) is 23.6 Å². The van der Waals surface area contributed by atoms with E-state index >= 15 is 0 Å². The van der Waals surface area contributed by atoms with Crippen LogP contribution in [0.5, 0.6) is 11.5 Å². The molecule has 92 valence electrons. The van der Waals surface area contributed by atoms with Gasteiger partial charge in [-0.15, -0.1) is 0 Å². The molecule has 0 aliphatic heterocycles. The first-order valence-electron chi connectivity index (χ1n) is 5.22. The fraction of sp³-hybridized carbons (Fsp3) is 0.